The van der Waals surface area contributed by atoms with Crippen molar-refractivity contribution in [2.24, 2.45) is 0 Å². The lowest BCUT2D eigenvalue weighted by atomic mass is 9.99. The molecule has 152 valence electrons. The Hall–Kier alpha value is -2.90. The van der Waals surface area contributed by atoms with Gasteiger partial charge in [0.05, 0.1) is 8.07 Å². The lowest BCUT2D eigenvalue weighted by Gasteiger charge is -2.39. The Morgan fingerprint density at radius 2 is 0.968 bits per heavy atom. The van der Waals surface area contributed by atoms with E-state index in [0.29, 0.717) is 11.1 Å². The van der Waals surface area contributed by atoms with Gasteiger partial charge in [0, 0.05) is 11.1 Å². The average molecular weight is 417 g/mol. The molecule has 31 heavy (non-hydrogen) atoms. The quantitative estimate of drug-likeness (QED) is 0.287. The van der Waals surface area contributed by atoms with E-state index < -0.39 is 8.07 Å². The number of benzene rings is 4. The van der Waals surface area contributed by atoms with Crippen LogP contribution in [0.5, 0.6) is 0 Å². The van der Waals surface area contributed by atoms with Crippen molar-refractivity contribution in [1.29, 1.82) is 0 Å². The van der Waals surface area contributed by atoms with Crippen LogP contribution in [0.1, 0.15) is 47.2 Å². The van der Waals surface area contributed by atoms with E-state index in [1.807, 2.05) is 0 Å². The molecule has 2 atom stereocenters. The molecule has 0 nitrogen and oxygen atoms in total. The SMILES string of the molecule is CC1=Cc2ccc3ccccc3c2[C@@H]1[Si](C)(C)[C@@H]1C(C)=Cc2ccc3ccccc3c21. The molecule has 0 bridgehead atoms. The standard InChI is InChI=1S/C30H28Si/c1-19-17-23-15-13-21-9-5-7-11-25(21)27(23)29(19)31(3,4)30-20(2)18-24-16-14-22-10-6-8-12-26(22)28(24)30/h5-18,29-30H,1-4H3/t29-,30-/m1/s1. The fourth-order valence-corrected chi connectivity index (χ4v) is 11.7. The van der Waals surface area contributed by atoms with Crippen LogP contribution >= 0.6 is 0 Å². The van der Waals surface area contributed by atoms with Gasteiger partial charge in [-0.05, 0) is 57.6 Å². The molecule has 4 aromatic rings. The predicted octanol–water partition coefficient (Wildman–Crippen LogP) is 8.48. The highest BCUT2D eigenvalue weighted by atomic mass is 28.3. The van der Waals surface area contributed by atoms with Gasteiger partial charge in [0.15, 0.2) is 0 Å². The zero-order chi connectivity index (χ0) is 21.3. The molecule has 0 heterocycles. The normalized spacial score (nSPS) is 20.0. The highest BCUT2D eigenvalue weighted by Gasteiger charge is 2.47. The van der Waals surface area contributed by atoms with Crippen LogP contribution in [0, 0.1) is 0 Å². The summed E-state index contributed by atoms with van der Waals surface area (Å²) in [6, 6.07) is 27.2. The molecule has 0 aliphatic heterocycles. The molecule has 2 aliphatic carbocycles. The van der Waals surface area contributed by atoms with E-state index in [1.165, 1.54) is 32.7 Å². The fourth-order valence-electron chi connectivity index (χ4n) is 6.72. The maximum absolute atomic E-state index is 2.63. The van der Waals surface area contributed by atoms with E-state index in [2.05, 4.69) is 112 Å². The summed E-state index contributed by atoms with van der Waals surface area (Å²) in [6.45, 7) is 9.99. The van der Waals surface area contributed by atoms with E-state index >= 15 is 0 Å². The molecule has 0 amide bonds. The highest BCUT2D eigenvalue weighted by Crippen LogP contribution is 2.54. The average Bonchev–Trinajstić information content (AvgIpc) is 3.30. The van der Waals surface area contributed by atoms with Gasteiger partial charge in [-0.2, -0.15) is 0 Å². The molecule has 1 heteroatoms. The molecule has 0 saturated carbocycles. The van der Waals surface area contributed by atoms with E-state index in [0.717, 1.165) is 0 Å². The summed E-state index contributed by atoms with van der Waals surface area (Å²) in [6.07, 6.45) is 4.92. The van der Waals surface area contributed by atoms with Crippen molar-refractivity contribution in [2.45, 2.75) is 38.0 Å². The van der Waals surface area contributed by atoms with Crippen LogP contribution in [0.2, 0.25) is 13.1 Å². The maximum Gasteiger partial charge on any atom is 0.0722 e. The topological polar surface area (TPSA) is 0 Å². The monoisotopic (exact) mass is 416 g/mol. The van der Waals surface area contributed by atoms with Gasteiger partial charge in [-0.15, -0.1) is 0 Å². The molecule has 4 aromatic carbocycles. The van der Waals surface area contributed by atoms with Gasteiger partial charge in [-0.3, -0.25) is 0 Å². The van der Waals surface area contributed by atoms with Crippen molar-refractivity contribution in [3.63, 3.8) is 0 Å². The number of hydrogen-bond acceptors (Lipinski definition) is 0. The zero-order valence-electron chi connectivity index (χ0n) is 18.7. The number of allylic oxidation sites excluding steroid dienone is 2. The van der Waals surface area contributed by atoms with Crippen LogP contribution in [-0.4, -0.2) is 8.07 Å². The van der Waals surface area contributed by atoms with Gasteiger partial charge in [-0.25, -0.2) is 0 Å². The summed E-state index contributed by atoms with van der Waals surface area (Å²) in [5.74, 6) is 0. The fraction of sp³-hybridized carbons (Fsp3) is 0.200. The van der Waals surface area contributed by atoms with Crippen LogP contribution in [0.25, 0.3) is 33.7 Å². The zero-order valence-corrected chi connectivity index (χ0v) is 19.7. The van der Waals surface area contributed by atoms with Crippen molar-refractivity contribution >= 4 is 41.8 Å². The van der Waals surface area contributed by atoms with Crippen molar-refractivity contribution in [3.8, 4) is 0 Å². The molecule has 0 saturated heterocycles. The van der Waals surface area contributed by atoms with E-state index in [-0.39, 0.29) is 0 Å². The Kier molecular flexibility index (Phi) is 3.98. The largest absolute Gasteiger partial charge is 0.0722 e. The van der Waals surface area contributed by atoms with E-state index in [4.69, 9.17) is 0 Å². The first-order chi connectivity index (χ1) is 15.0. The number of hydrogen-bond donors (Lipinski definition) is 0. The Morgan fingerprint density at radius 1 is 0.548 bits per heavy atom. The summed E-state index contributed by atoms with van der Waals surface area (Å²) in [5.41, 5.74) is 10.2. The summed E-state index contributed by atoms with van der Waals surface area (Å²) < 4.78 is 0. The minimum absolute atomic E-state index is 0.534. The second kappa shape index (κ2) is 6.55. The predicted molar refractivity (Wildman–Crippen MR) is 138 cm³/mol. The minimum Gasteiger partial charge on any atom is -0.0679 e. The van der Waals surface area contributed by atoms with Crippen molar-refractivity contribution in [3.05, 3.63) is 106 Å². The first-order valence-electron chi connectivity index (χ1n) is 11.4. The molecular formula is C30H28Si. The van der Waals surface area contributed by atoms with Crippen LogP contribution in [0.4, 0.5) is 0 Å². The van der Waals surface area contributed by atoms with E-state index in [9.17, 15) is 0 Å². The summed E-state index contributed by atoms with van der Waals surface area (Å²) in [5, 5.41) is 5.61. The second-order valence-corrected chi connectivity index (χ2v) is 14.8. The van der Waals surface area contributed by atoms with Gasteiger partial charge >= 0.3 is 0 Å². The van der Waals surface area contributed by atoms with Gasteiger partial charge in [0.1, 0.15) is 0 Å². The van der Waals surface area contributed by atoms with Gasteiger partial charge in [-0.1, -0.05) is 109 Å². The van der Waals surface area contributed by atoms with Crippen LogP contribution in [0.15, 0.2) is 83.9 Å². The lowest BCUT2D eigenvalue weighted by molar-refractivity contribution is 0.979. The Balaban J connectivity index is 1.59. The van der Waals surface area contributed by atoms with Crippen LogP contribution in [-0.2, 0) is 0 Å². The summed E-state index contributed by atoms with van der Waals surface area (Å²) in [4.78, 5) is 0. The van der Waals surface area contributed by atoms with Crippen LogP contribution < -0.4 is 0 Å². The highest BCUT2D eigenvalue weighted by molar-refractivity contribution is 6.82. The lowest BCUT2D eigenvalue weighted by Crippen LogP contribution is -2.42. The van der Waals surface area contributed by atoms with Gasteiger partial charge in [0.2, 0.25) is 0 Å². The van der Waals surface area contributed by atoms with Crippen molar-refractivity contribution < 1.29 is 0 Å². The second-order valence-electron chi connectivity index (χ2n) is 10.0. The Morgan fingerprint density at radius 3 is 1.42 bits per heavy atom. The van der Waals surface area contributed by atoms with Gasteiger partial charge in [0.25, 0.3) is 0 Å². The molecule has 0 unspecified atom stereocenters. The molecule has 6 rings (SSSR count). The van der Waals surface area contributed by atoms with Crippen molar-refractivity contribution in [2.75, 3.05) is 0 Å². The molecule has 0 N–H and O–H groups in total. The minimum atomic E-state index is -1.84. The van der Waals surface area contributed by atoms with Crippen LogP contribution in [0.3, 0.4) is 0 Å². The molecule has 0 radical (unpaired) electrons. The van der Waals surface area contributed by atoms with E-state index in [1.54, 1.807) is 22.3 Å². The molecule has 0 spiro atoms. The molecule has 2 aliphatic rings. The van der Waals surface area contributed by atoms with Gasteiger partial charge < -0.3 is 0 Å². The number of fused-ring (bicyclic) bond motifs is 6. The summed E-state index contributed by atoms with van der Waals surface area (Å²) in [7, 11) is -1.84. The molecular weight excluding hydrogens is 388 g/mol. The summed E-state index contributed by atoms with van der Waals surface area (Å²) >= 11 is 0. The third kappa shape index (κ3) is 2.60. The third-order valence-electron chi connectivity index (χ3n) is 7.75. The number of rotatable bonds is 2. The first-order valence-corrected chi connectivity index (χ1v) is 14.5. The molecule has 0 aromatic heterocycles. The smallest absolute Gasteiger partial charge is 0.0679 e. The first kappa shape index (κ1) is 18.8. The Labute approximate surface area is 185 Å². The third-order valence-corrected chi connectivity index (χ3v) is 12.2. The maximum atomic E-state index is 2.63. The van der Waals surface area contributed by atoms with Crippen molar-refractivity contribution in [1.82, 2.24) is 0 Å². The Bertz CT molecular complexity index is 1320. The molecule has 0 fully saturated rings.